The van der Waals surface area contributed by atoms with E-state index in [0.717, 1.165) is 0 Å². The van der Waals surface area contributed by atoms with Gasteiger partial charge in [-0.05, 0) is 6.92 Å². The molecule has 0 aliphatic heterocycles. The quantitative estimate of drug-likeness (QED) is 0.671. The van der Waals surface area contributed by atoms with E-state index >= 15 is 0 Å². The third kappa shape index (κ3) is 1.58. The number of hydrogen-bond acceptors (Lipinski definition) is 5. The number of ether oxygens (including phenoxy) is 2. The Morgan fingerprint density at radius 2 is 1.56 bits per heavy atom. The average molecular weight is 228 g/mol. The van der Waals surface area contributed by atoms with E-state index < -0.39 is 23.0 Å². The summed E-state index contributed by atoms with van der Waals surface area (Å²) in [6, 6.07) is 0. The van der Waals surface area contributed by atoms with Crippen molar-refractivity contribution in [3.63, 3.8) is 0 Å². The van der Waals surface area contributed by atoms with Crippen molar-refractivity contribution in [1.29, 1.82) is 0 Å². The molecule has 1 aromatic carbocycles. The molecule has 0 spiro atoms. The molecule has 0 aliphatic carbocycles. The number of aromatic carboxylic acids is 1. The number of aromatic hydroxyl groups is 2. The fourth-order valence-electron chi connectivity index (χ4n) is 1.49. The molecule has 0 fully saturated rings. The maximum absolute atomic E-state index is 10.9. The first-order valence-corrected chi connectivity index (χ1v) is 4.35. The molecule has 1 rings (SSSR count). The minimum Gasteiger partial charge on any atom is -0.504 e. The topological polar surface area (TPSA) is 96.2 Å². The predicted octanol–water partition coefficient (Wildman–Crippen LogP) is 1.12. The Kier molecular flexibility index (Phi) is 3.12. The van der Waals surface area contributed by atoms with Crippen LogP contribution in [-0.4, -0.2) is 35.5 Å². The molecular formula is C10H12O6. The van der Waals surface area contributed by atoms with Gasteiger partial charge in [0.15, 0.2) is 11.5 Å². The Bertz CT molecular complexity index is 438. The zero-order valence-corrected chi connectivity index (χ0v) is 9.07. The summed E-state index contributed by atoms with van der Waals surface area (Å²) >= 11 is 0. The molecule has 88 valence electrons. The highest BCUT2D eigenvalue weighted by molar-refractivity contribution is 5.95. The number of carboxylic acid groups (broad SMARTS) is 1. The van der Waals surface area contributed by atoms with E-state index in [1.807, 2.05) is 0 Å². The van der Waals surface area contributed by atoms with Gasteiger partial charge in [-0.1, -0.05) is 0 Å². The van der Waals surface area contributed by atoms with Gasteiger partial charge in [-0.3, -0.25) is 0 Å². The molecule has 0 aliphatic rings. The second-order valence-electron chi connectivity index (χ2n) is 3.07. The summed E-state index contributed by atoms with van der Waals surface area (Å²) < 4.78 is 9.77. The van der Waals surface area contributed by atoms with Crippen LogP contribution in [0.25, 0.3) is 0 Å². The number of methoxy groups -OCH3 is 2. The van der Waals surface area contributed by atoms with Gasteiger partial charge in [-0.25, -0.2) is 4.79 Å². The summed E-state index contributed by atoms with van der Waals surface area (Å²) in [6.45, 7) is 1.45. The summed E-state index contributed by atoms with van der Waals surface area (Å²) in [5, 5.41) is 27.9. The third-order valence-corrected chi connectivity index (χ3v) is 2.22. The summed E-state index contributed by atoms with van der Waals surface area (Å²) in [5.74, 6) is -2.76. The standard InChI is InChI=1S/C10H12O6/c1-4-5(10(13)14)6(11)7(12)9(16-3)8(4)15-2/h11-12H,1-3H3,(H,13,14). The van der Waals surface area contributed by atoms with Crippen LogP contribution >= 0.6 is 0 Å². The van der Waals surface area contributed by atoms with Crippen LogP contribution in [0.1, 0.15) is 15.9 Å². The van der Waals surface area contributed by atoms with Gasteiger partial charge in [0.25, 0.3) is 0 Å². The first kappa shape index (κ1) is 12.0. The first-order valence-electron chi connectivity index (χ1n) is 4.35. The Morgan fingerprint density at radius 1 is 1.06 bits per heavy atom. The Hall–Kier alpha value is -2.11. The molecule has 0 saturated heterocycles. The van der Waals surface area contributed by atoms with Crippen LogP contribution in [-0.2, 0) is 0 Å². The van der Waals surface area contributed by atoms with Crippen molar-refractivity contribution in [3.8, 4) is 23.0 Å². The maximum Gasteiger partial charge on any atom is 0.340 e. The number of rotatable bonds is 3. The number of hydrogen-bond donors (Lipinski definition) is 3. The number of carboxylic acids is 1. The molecule has 0 radical (unpaired) electrons. The molecule has 0 heterocycles. The van der Waals surface area contributed by atoms with Crippen molar-refractivity contribution in [2.24, 2.45) is 0 Å². The van der Waals surface area contributed by atoms with Gasteiger partial charge in [0.05, 0.1) is 14.2 Å². The van der Waals surface area contributed by atoms with E-state index in [4.69, 9.17) is 14.6 Å². The molecule has 0 amide bonds. The molecule has 1 aromatic rings. The monoisotopic (exact) mass is 228 g/mol. The van der Waals surface area contributed by atoms with Crippen LogP contribution < -0.4 is 9.47 Å². The van der Waals surface area contributed by atoms with E-state index in [2.05, 4.69) is 0 Å². The Balaban J connectivity index is 3.69. The molecule has 3 N–H and O–H groups in total. The lowest BCUT2D eigenvalue weighted by Crippen LogP contribution is -2.04. The predicted molar refractivity (Wildman–Crippen MR) is 54.6 cm³/mol. The Morgan fingerprint density at radius 3 is 1.94 bits per heavy atom. The van der Waals surface area contributed by atoms with E-state index in [-0.39, 0.29) is 17.1 Å². The fourth-order valence-corrected chi connectivity index (χ4v) is 1.49. The van der Waals surface area contributed by atoms with E-state index in [9.17, 15) is 15.0 Å². The molecule has 6 nitrogen and oxygen atoms in total. The van der Waals surface area contributed by atoms with E-state index in [0.29, 0.717) is 0 Å². The second kappa shape index (κ2) is 4.18. The molecule has 16 heavy (non-hydrogen) atoms. The van der Waals surface area contributed by atoms with Gasteiger partial charge < -0.3 is 24.8 Å². The largest absolute Gasteiger partial charge is 0.504 e. The fraction of sp³-hybridized carbons (Fsp3) is 0.300. The van der Waals surface area contributed by atoms with Crippen molar-refractivity contribution >= 4 is 5.97 Å². The van der Waals surface area contributed by atoms with Crippen molar-refractivity contribution in [2.45, 2.75) is 6.92 Å². The Labute approximate surface area is 91.7 Å². The van der Waals surface area contributed by atoms with Crippen molar-refractivity contribution in [3.05, 3.63) is 11.1 Å². The summed E-state index contributed by atoms with van der Waals surface area (Å²) in [7, 11) is 2.59. The average Bonchev–Trinajstić information content (AvgIpc) is 2.22. The van der Waals surface area contributed by atoms with Crippen LogP contribution in [0.2, 0.25) is 0 Å². The smallest absolute Gasteiger partial charge is 0.340 e. The highest BCUT2D eigenvalue weighted by Gasteiger charge is 2.26. The van der Waals surface area contributed by atoms with Gasteiger partial charge in [0.1, 0.15) is 5.56 Å². The summed E-state index contributed by atoms with van der Waals surface area (Å²) in [6.07, 6.45) is 0. The van der Waals surface area contributed by atoms with E-state index in [1.54, 1.807) is 0 Å². The van der Waals surface area contributed by atoms with Crippen molar-refractivity contribution < 1.29 is 29.6 Å². The number of carbonyl (C=O) groups is 1. The lowest BCUT2D eigenvalue weighted by molar-refractivity contribution is 0.0691. The summed E-state index contributed by atoms with van der Waals surface area (Å²) in [4.78, 5) is 10.9. The van der Waals surface area contributed by atoms with Crippen LogP contribution in [0.15, 0.2) is 0 Å². The normalized spacial score (nSPS) is 9.94. The molecule has 0 bridgehead atoms. The maximum atomic E-state index is 10.9. The highest BCUT2D eigenvalue weighted by atomic mass is 16.5. The minimum absolute atomic E-state index is 0.0789. The summed E-state index contributed by atoms with van der Waals surface area (Å²) in [5.41, 5.74) is -0.225. The second-order valence-corrected chi connectivity index (χ2v) is 3.07. The minimum atomic E-state index is -1.36. The third-order valence-electron chi connectivity index (χ3n) is 2.22. The zero-order chi connectivity index (χ0) is 12.5. The van der Waals surface area contributed by atoms with Crippen LogP contribution in [0, 0.1) is 6.92 Å². The van der Waals surface area contributed by atoms with Gasteiger partial charge in [-0.15, -0.1) is 0 Å². The lowest BCUT2D eigenvalue weighted by atomic mass is 10.0. The first-order chi connectivity index (χ1) is 7.45. The molecule has 0 saturated carbocycles. The number of phenols is 2. The van der Waals surface area contributed by atoms with Gasteiger partial charge in [0.2, 0.25) is 11.5 Å². The van der Waals surface area contributed by atoms with Crippen LogP contribution in [0.3, 0.4) is 0 Å². The molecule has 0 unspecified atom stereocenters. The zero-order valence-electron chi connectivity index (χ0n) is 9.07. The highest BCUT2D eigenvalue weighted by Crippen LogP contribution is 2.47. The number of benzene rings is 1. The van der Waals surface area contributed by atoms with Crippen molar-refractivity contribution in [1.82, 2.24) is 0 Å². The van der Waals surface area contributed by atoms with E-state index in [1.165, 1.54) is 21.1 Å². The van der Waals surface area contributed by atoms with Crippen LogP contribution in [0.5, 0.6) is 23.0 Å². The van der Waals surface area contributed by atoms with Gasteiger partial charge in [-0.2, -0.15) is 0 Å². The van der Waals surface area contributed by atoms with Crippen LogP contribution in [0.4, 0.5) is 0 Å². The van der Waals surface area contributed by atoms with Gasteiger partial charge >= 0.3 is 5.97 Å². The number of phenolic OH excluding ortho intramolecular Hbond substituents is 1. The molecule has 0 atom stereocenters. The SMILES string of the molecule is COc1c(C)c(C(=O)O)c(O)c(O)c1OC. The lowest BCUT2D eigenvalue weighted by Gasteiger charge is -2.15. The van der Waals surface area contributed by atoms with Crippen molar-refractivity contribution in [2.75, 3.05) is 14.2 Å². The van der Waals surface area contributed by atoms with Gasteiger partial charge in [0, 0.05) is 5.56 Å². The molecule has 6 heteroatoms. The molecular weight excluding hydrogens is 216 g/mol. The molecule has 0 aromatic heterocycles.